The monoisotopic (exact) mass is 466 g/mol. The molecule has 1 rings (SSSR count). The van der Waals surface area contributed by atoms with Crippen LogP contribution >= 0.6 is 24.0 Å². The van der Waals surface area contributed by atoms with Gasteiger partial charge in [-0.3, -0.25) is 9.79 Å². The molecule has 144 valence electrons. The Bertz CT molecular complexity index is 565. The number of guanidine groups is 1. The van der Waals surface area contributed by atoms with E-state index < -0.39 is 0 Å². The van der Waals surface area contributed by atoms with Crippen LogP contribution < -0.4 is 10.6 Å². The van der Waals surface area contributed by atoms with Crippen molar-refractivity contribution >= 4 is 35.8 Å². The van der Waals surface area contributed by atoms with Gasteiger partial charge in [-0.2, -0.15) is 4.98 Å². The fraction of sp³-hybridized carbons (Fsp3) is 0.750. The number of hydrogen-bond acceptors (Lipinski definition) is 5. The van der Waals surface area contributed by atoms with Crippen LogP contribution in [-0.4, -0.2) is 59.6 Å². The van der Waals surface area contributed by atoms with E-state index in [4.69, 9.17) is 4.52 Å². The predicted molar refractivity (Wildman–Crippen MR) is 109 cm³/mol. The third kappa shape index (κ3) is 9.03. The third-order valence-electron chi connectivity index (χ3n) is 3.09. The average molecular weight is 466 g/mol. The second-order valence-electron chi connectivity index (χ2n) is 7.08. The number of aromatic nitrogens is 2. The van der Waals surface area contributed by atoms with E-state index in [9.17, 15) is 4.79 Å². The van der Waals surface area contributed by atoms with Crippen LogP contribution in [0.15, 0.2) is 9.52 Å². The molecule has 9 heteroatoms. The molecule has 1 aromatic rings. The Kier molecular flexibility index (Phi) is 9.98. The SMILES string of the molecule is CN=C(NCCc1nc(C(C)C)no1)N(C)CC(=O)NC(C)(C)C.I. The number of rotatable bonds is 6. The van der Waals surface area contributed by atoms with Gasteiger partial charge in [-0.15, -0.1) is 24.0 Å². The molecule has 0 saturated heterocycles. The molecule has 0 aromatic carbocycles. The van der Waals surface area contributed by atoms with Gasteiger partial charge in [0.2, 0.25) is 11.8 Å². The molecular formula is C16H31IN6O2. The van der Waals surface area contributed by atoms with Gasteiger partial charge in [0.05, 0.1) is 6.54 Å². The van der Waals surface area contributed by atoms with E-state index in [1.54, 1.807) is 11.9 Å². The molecule has 1 amide bonds. The highest BCUT2D eigenvalue weighted by atomic mass is 127. The number of nitrogens with one attached hydrogen (secondary N) is 2. The number of likely N-dealkylation sites (N-methyl/N-ethyl adjacent to an activating group) is 1. The van der Waals surface area contributed by atoms with Gasteiger partial charge >= 0.3 is 0 Å². The zero-order valence-corrected chi connectivity index (χ0v) is 18.5. The molecule has 0 spiro atoms. The van der Waals surface area contributed by atoms with Crippen molar-refractivity contribution in [1.82, 2.24) is 25.7 Å². The van der Waals surface area contributed by atoms with Crippen molar-refractivity contribution in [2.45, 2.75) is 52.5 Å². The summed E-state index contributed by atoms with van der Waals surface area (Å²) in [5.41, 5.74) is -0.249. The van der Waals surface area contributed by atoms with Crippen molar-refractivity contribution in [3.05, 3.63) is 11.7 Å². The first-order chi connectivity index (χ1) is 11.1. The Balaban J connectivity index is 0.00000576. The van der Waals surface area contributed by atoms with E-state index in [2.05, 4.69) is 25.8 Å². The molecule has 2 N–H and O–H groups in total. The molecule has 8 nitrogen and oxygen atoms in total. The normalized spacial score (nSPS) is 11.9. The molecule has 1 aromatic heterocycles. The molecule has 0 fully saturated rings. The topological polar surface area (TPSA) is 95.7 Å². The van der Waals surface area contributed by atoms with E-state index in [1.807, 2.05) is 41.7 Å². The number of hydrogen-bond donors (Lipinski definition) is 2. The molecule has 1 heterocycles. The van der Waals surface area contributed by atoms with Gasteiger partial charge in [-0.25, -0.2) is 0 Å². The molecule has 0 aliphatic rings. The van der Waals surface area contributed by atoms with Crippen LogP contribution in [0.5, 0.6) is 0 Å². The minimum Gasteiger partial charge on any atom is -0.356 e. The van der Waals surface area contributed by atoms with E-state index in [0.29, 0.717) is 30.6 Å². The van der Waals surface area contributed by atoms with Crippen molar-refractivity contribution in [2.75, 3.05) is 27.2 Å². The lowest BCUT2D eigenvalue weighted by atomic mass is 10.1. The predicted octanol–water partition coefficient (Wildman–Crippen LogP) is 1.78. The average Bonchev–Trinajstić information content (AvgIpc) is 2.90. The Labute approximate surface area is 167 Å². The minimum atomic E-state index is -0.249. The molecular weight excluding hydrogens is 435 g/mol. The van der Waals surface area contributed by atoms with Gasteiger partial charge in [-0.1, -0.05) is 19.0 Å². The fourth-order valence-electron chi connectivity index (χ4n) is 2.02. The van der Waals surface area contributed by atoms with E-state index in [-0.39, 0.29) is 47.9 Å². The highest BCUT2D eigenvalue weighted by molar-refractivity contribution is 14.0. The first kappa shape index (κ1) is 23.6. The summed E-state index contributed by atoms with van der Waals surface area (Å²) >= 11 is 0. The van der Waals surface area contributed by atoms with Gasteiger partial charge in [0.15, 0.2) is 11.8 Å². The number of amides is 1. The van der Waals surface area contributed by atoms with Crippen LogP contribution in [0.25, 0.3) is 0 Å². The van der Waals surface area contributed by atoms with Crippen LogP contribution in [-0.2, 0) is 11.2 Å². The zero-order chi connectivity index (χ0) is 18.3. The summed E-state index contributed by atoms with van der Waals surface area (Å²) in [4.78, 5) is 22.3. The van der Waals surface area contributed by atoms with Crippen molar-refractivity contribution in [3.63, 3.8) is 0 Å². The summed E-state index contributed by atoms with van der Waals surface area (Å²) in [6.07, 6.45) is 0.598. The lowest BCUT2D eigenvalue weighted by Crippen LogP contribution is -2.49. The van der Waals surface area contributed by atoms with Crippen molar-refractivity contribution in [1.29, 1.82) is 0 Å². The van der Waals surface area contributed by atoms with E-state index >= 15 is 0 Å². The second kappa shape index (κ2) is 10.6. The van der Waals surface area contributed by atoms with Crippen molar-refractivity contribution < 1.29 is 9.32 Å². The van der Waals surface area contributed by atoms with Crippen molar-refractivity contribution in [3.8, 4) is 0 Å². The lowest BCUT2D eigenvalue weighted by molar-refractivity contribution is -0.122. The van der Waals surface area contributed by atoms with Gasteiger partial charge in [0.25, 0.3) is 0 Å². The van der Waals surface area contributed by atoms with Crippen LogP contribution in [0.2, 0.25) is 0 Å². The Hall–Kier alpha value is -1.39. The number of carbonyl (C=O) groups is 1. The second-order valence-corrected chi connectivity index (χ2v) is 7.08. The van der Waals surface area contributed by atoms with Gasteiger partial charge < -0.3 is 20.1 Å². The lowest BCUT2D eigenvalue weighted by Gasteiger charge is -2.25. The Morgan fingerprint density at radius 1 is 1.36 bits per heavy atom. The smallest absolute Gasteiger partial charge is 0.240 e. The first-order valence-corrected chi connectivity index (χ1v) is 8.17. The molecule has 0 unspecified atom stereocenters. The highest BCUT2D eigenvalue weighted by Gasteiger charge is 2.17. The van der Waals surface area contributed by atoms with Gasteiger partial charge in [-0.05, 0) is 20.8 Å². The quantitative estimate of drug-likeness (QED) is 0.377. The summed E-state index contributed by atoms with van der Waals surface area (Å²) in [6.45, 7) is 10.7. The largest absolute Gasteiger partial charge is 0.356 e. The molecule has 0 radical (unpaired) electrons. The summed E-state index contributed by atoms with van der Waals surface area (Å²) in [5.74, 6) is 2.14. The summed E-state index contributed by atoms with van der Waals surface area (Å²) in [5, 5.41) is 10.1. The Morgan fingerprint density at radius 2 is 2.00 bits per heavy atom. The molecule has 0 aliphatic carbocycles. The zero-order valence-electron chi connectivity index (χ0n) is 16.2. The van der Waals surface area contributed by atoms with Crippen molar-refractivity contribution in [2.24, 2.45) is 4.99 Å². The molecule has 25 heavy (non-hydrogen) atoms. The maximum atomic E-state index is 12.0. The highest BCUT2D eigenvalue weighted by Crippen LogP contribution is 2.09. The molecule has 0 bridgehead atoms. The number of halogens is 1. The Morgan fingerprint density at radius 3 is 2.48 bits per heavy atom. The maximum Gasteiger partial charge on any atom is 0.240 e. The van der Waals surface area contributed by atoms with Gasteiger partial charge in [0, 0.05) is 38.5 Å². The summed E-state index contributed by atoms with van der Waals surface area (Å²) in [7, 11) is 3.51. The maximum absolute atomic E-state index is 12.0. The molecule has 0 saturated carbocycles. The third-order valence-corrected chi connectivity index (χ3v) is 3.09. The summed E-state index contributed by atoms with van der Waals surface area (Å²) < 4.78 is 5.20. The molecule has 0 atom stereocenters. The number of aliphatic imine (C=N–C) groups is 1. The molecule has 0 aliphatic heterocycles. The van der Waals surface area contributed by atoms with E-state index in [1.165, 1.54) is 0 Å². The van der Waals surface area contributed by atoms with Crippen LogP contribution in [0.3, 0.4) is 0 Å². The fourth-order valence-corrected chi connectivity index (χ4v) is 2.02. The first-order valence-electron chi connectivity index (χ1n) is 8.17. The minimum absolute atomic E-state index is 0. The number of carbonyl (C=O) groups excluding carboxylic acids is 1. The van der Waals surface area contributed by atoms with Gasteiger partial charge in [0.1, 0.15) is 0 Å². The van der Waals surface area contributed by atoms with E-state index in [0.717, 1.165) is 0 Å². The van der Waals surface area contributed by atoms with Crippen LogP contribution in [0.1, 0.15) is 52.3 Å². The standard InChI is InChI=1S/C16H30N6O2.HI/c1-11(2)14-19-13(24-21-14)8-9-18-15(17-6)22(7)10-12(23)20-16(3,4)5;/h11H,8-10H2,1-7H3,(H,17,18)(H,20,23);1H. The van der Waals surface area contributed by atoms with Crippen LogP contribution in [0, 0.1) is 0 Å². The number of nitrogens with zero attached hydrogens (tertiary/aromatic N) is 4. The summed E-state index contributed by atoms with van der Waals surface area (Å²) in [6, 6.07) is 0. The van der Waals surface area contributed by atoms with Crippen LogP contribution in [0.4, 0.5) is 0 Å².